The molecular formula is C15H13N3O2S. The van der Waals surface area contributed by atoms with E-state index >= 15 is 0 Å². The first-order chi connectivity index (χ1) is 10.3. The molecule has 0 unspecified atom stereocenters. The van der Waals surface area contributed by atoms with Crippen LogP contribution >= 0.6 is 11.8 Å². The Morgan fingerprint density at radius 1 is 1.33 bits per heavy atom. The van der Waals surface area contributed by atoms with Gasteiger partial charge in [0.2, 0.25) is 0 Å². The topological polar surface area (TPSA) is 66.3 Å². The summed E-state index contributed by atoms with van der Waals surface area (Å²) in [5.41, 5.74) is 1.36. The number of aromatic nitrogens is 1. The number of pyridine rings is 1. The molecule has 2 atom stereocenters. The Balaban J connectivity index is 1.78. The van der Waals surface area contributed by atoms with Gasteiger partial charge in [0, 0.05) is 28.7 Å². The van der Waals surface area contributed by atoms with Crippen molar-refractivity contribution in [1.29, 1.82) is 5.41 Å². The molecule has 0 bridgehead atoms. The van der Waals surface area contributed by atoms with Crippen LogP contribution in [0.3, 0.4) is 0 Å². The second-order valence-corrected chi connectivity index (χ2v) is 6.19. The van der Waals surface area contributed by atoms with Gasteiger partial charge in [0.25, 0.3) is 11.9 Å². The minimum Gasteiger partial charge on any atom is -0.459 e. The molecule has 106 valence electrons. The number of hydrogen-bond acceptors (Lipinski definition) is 5. The molecule has 2 fully saturated rings. The molecule has 0 spiro atoms. The van der Waals surface area contributed by atoms with E-state index in [1.54, 1.807) is 24.0 Å². The highest BCUT2D eigenvalue weighted by Crippen LogP contribution is 2.33. The Bertz CT molecular complexity index is 743. The van der Waals surface area contributed by atoms with Crippen LogP contribution in [0.2, 0.25) is 0 Å². The van der Waals surface area contributed by atoms with Gasteiger partial charge in [-0.3, -0.25) is 20.1 Å². The predicted molar refractivity (Wildman–Crippen MR) is 81.6 cm³/mol. The van der Waals surface area contributed by atoms with Crippen LogP contribution in [0.1, 0.15) is 10.4 Å². The number of nitrogens with zero attached hydrogens (tertiary/aromatic N) is 2. The Morgan fingerprint density at radius 2 is 2.24 bits per heavy atom. The van der Waals surface area contributed by atoms with Gasteiger partial charge in [-0.05, 0) is 18.2 Å². The van der Waals surface area contributed by atoms with Crippen molar-refractivity contribution in [2.75, 3.05) is 11.5 Å². The largest absolute Gasteiger partial charge is 0.459 e. The highest BCUT2D eigenvalue weighted by molar-refractivity contribution is 7.99. The smallest absolute Gasteiger partial charge is 0.292 e. The number of carbonyl (C=O) groups is 1. The van der Waals surface area contributed by atoms with Crippen LogP contribution < -0.4 is 0 Å². The highest BCUT2D eigenvalue weighted by Gasteiger charge is 2.46. The SMILES string of the molecule is N=C1O[C@@H]2CSC[C@@H]2N1C(=O)c1cccc2ncccc12. The third-order valence-electron chi connectivity index (χ3n) is 3.91. The molecule has 2 aromatic rings. The molecule has 4 rings (SSSR count). The summed E-state index contributed by atoms with van der Waals surface area (Å²) in [7, 11) is 0. The van der Waals surface area contributed by atoms with E-state index in [0.29, 0.717) is 5.56 Å². The maximum Gasteiger partial charge on any atom is 0.292 e. The fraction of sp³-hybridized carbons (Fsp3) is 0.267. The predicted octanol–water partition coefficient (Wildman–Crippen LogP) is 2.13. The summed E-state index contributed by atoms with van der Waals surface area (Å²) in [5, 5.41) is 8.76. The normalized spacial score (nSPS) is 24.2. The first-order valence-corrected chi connectivity index (χ1v) is 7.91. The van der Waals surface area contributed by atoms with Gasteiger partial charge in [0.05, 0.1) is 11.6 Å². The van der Waals surface area contributed by atoms with E-state index in [1.165, 1.54) is 4.90 Å². The van der Waals surface area contributed by atoms with Crippen LogP contribution in [0.4, 0.5) is 0 Å². The third kappa shape index (κ3) is 1.90. The third-order valence-corrected chi connectivity index (χ3v) is 5.05. The van der Waals surface area contributed by atoms with Crippen molar-refractivity contribution in [3.8, 4) is 0 Å². The van der Waals surface area contributed by atoms with E-state index in [2.05, 4.69) is 4.98 Å². The van der Waals surface area contributed by atoms with E-state index in [-0.39, 0.29) is 24.1 Å². The number of amides is 1. The average molecular weight is 299 g/mol. The van der Waals surface area contributed by atoms with E-state index in [0.717, 1.165) is 22.4 Å². The first kappa shape index (κ1) is 12.6. The number of benzene rings is 1. The van der Waals surface area contributed by atoms with Crippen molar-refractivity contribution in [3.05, 3.63) is 42.1 Å². The summed E-state index contributed by atoms with van der Waals surface area (Å²) in [4.78, 5) is 18.7. The van der Waals surface area contributed by atoms with Crippen molar-refractivity contribution in [3.63, 3.8) is 0 Å². The zero-order valence-electron chi connectivity index (χ0n) is 11.2. The fourth-order valence-corrected chi connectivity index (χ4v) is 4.15. The number of fused-ring (bicyclic) bond motifs is 2. The number of thioether (sulfide) groups is 1. The van der Waals surface area contributed by atoms with Crippen LogP contribution in [0.5, 0.6) is 0 Å². The summed E-state index contributed by atoms with van der Waals surface area (Å²) in [5.74, 6) is 1.49. The van der Waals surface area contributed by atoms with Crippen molar-refractivity contribution >= 4 is 34.6 Å². The van der Waals surface area contributed by atoms with Crippen molar-refractivity contribution in [2.45, 2.75) is 12.1 Å². The lowest BCUT2D eigenvalue weighted by molar-refractivity contribution is 0.0825. The second kappa shape index (κ2) is 4.73. The van der Waals surface area contributed by atoms with Gasteiger partial charge in [0.15, 0.2) is 0 Å². The Morgan fingerprint density at radius 3 is 3.14 bits per heavy atom. The zero-order chi connectivity index (χ0) is 14.4. The summed E-state index contributed by atoms with van der Waals surface area (Å²) in [6.45, 7) is 0. The highest BCUT2D eigenvalue weighted by atomic mass is 32.2. The summed E-state index contributed by atoms with van der Waals surface area (Å²) in [6.07, 6.45) is 1.67. The number of nitrogens with one attached hydrogen (secondary N) is 1. The minimum atomic E-state index is -0.173. The number of amidine groups is 1. The average Bonchev–Trinajstić information content (AvgIpc) is 3.06. The summed E-state index contributed by atoms with van der Waals surface area (Å²) >= 11 is 1.76. The zero-order valence-corrected chi connectivity index (χ0v) is 12.0. The second-order valence-electron chi connectivity index (χ2n) is 5.12. The van der Waals surface area contributed by atoms with Gasteiger partial charge in [-0.25, -0.2) is 0 Å². The van der Waals surface area contributed by atoms with Gasteiger partial charge in [0.1, 0.15) is 6.10 Å². The van der Waals surface area contributed by atoms with Crippen molar-refractivity contribution in [1.82, 2.24) is 9.88 Å². The summed E-state index contributed by atoms with van der Waals surface area (Å²) in [6, 6.07) is 9.14. The summed E-state index contributed by atoms with van der Waals surface area (Å²) < 4.78 is 5.50. The number of ether oxygens (including phenoxy) is 1. The molecule has 2 aliphatic heterocycles. The van der Waals surface area contributed by atoms with Gasteiger partial charge in [-0.15, -0.1) is 0 Å². The van der Waals surface area contributed by atoms with Gasteiger partial charge in [-0.1, -0.05) is 12.1 Å². The molecule has 2 aliphatic rings. The first-order valence-electron chi connectivity index (χ1n) is 6.76. The maximum absolute atomic E-state index is 12.9. The van der Waals surface area contributed by atoms with E-state index in [9.17, 15) is 4.79 Å². The molecule has 0 radical (unpaired) electrons. The van der Waals surface area contributed by atoms with Crippen LogP contribution in [0.15, 0.2) is 36.5 Å². The molecule has 2 saturated heterocycles. The number of hydrogen-bond donors (Lipinski definition) is 1. The molecule has 3 heterocycles. The molecule has 5 nitrogen and oxygen atoms in total. The number of carbonyl (C=O) groups excluding carboxylic acids is 1. The molecule has 1 aromatic carbocycles. The van der Waals surface area contributed by atoms with E-state index < -0.39 is 0 Å². The van der Waals surface area contributed by atoms with Crippen LogP contribution in [0.25, 0.3) is 10.9 Å². The lowest BCUT2D eigenvalue weighted by Crippen LogP contribution is -2.41. The Labute approximate surface area is 125 Å². The lowest BCUT2D eigenvalue weighted by Gasteiger charge is -2.20. The van der Waals surface area contributed by atoms with Crippen molar-refractivity contribution in [2.24, 2.45) is 0 Å². The molecule has 0 saturated carbocycles. The maximum atomic E-state index is 12.9. The van der Waals surface area contributed by atoms with Gasteiger partial charge >= 0.3 is 0 Å². The monoisotopic (exact) mass is 299 g/mol. The molecule has 0 aliphatic carbocycles. The van der Waals surface area contributed by atoms with Gasteiger partial charge < -0.3 is 4.74 Å². The van der Waals surface area contributed by atoms with Crippen LogP contribution in [-0.2, 0) is 4.74 Å². The molecule has 1 amide bonds. The molecule has 1 N–H and O–H groups in total. The minimum absolute atomic E-state index is 0.0260. The Kier molecular flexibility index (Phi) is 2.85. The molecule has 6 heteroatoms. The molecular weight excluding hydrogens is 286 g/mol. The van der Waals surface area contributed by atoms with E-state index in [1.807, 2.05) is 24.3 Å². The quantitative estimate of drug-likeness (QED) is 0.876. The van der Waals surface area contributed by atoms with Crippen LogP contribution in [0, 0.1) is 5.41 Å². The van der Waals surface area contributed by atoms with Crippen LogP contribution in [-0.4, -0.2) is 45.5 Å². The molecule has 21 heavy (non-hydrogen) atoms. The molecule has 1 aromatic heterocycles. The lowest BCUT2D eigenvalue weighted by atomic mass is 10.1. The standard InChI is InChI=1S/C15H13N3O2S/c16-15-18(12-7-21-8-13(12)20-15)14(19)10-3-1-5-11-9(10)4-2-6-17-11/h1-6,12-13,16H,7-8H2/t12-,13+/m0/s1. The van der Waals surface area contributed by atoms with E-state index in [4.69, 9.17) is 10.1 Å². The number of rotatable bonds is 1. The van der Waals surface area contributed by atoms with Crippen molar-refractivity contribution < 1.29 is 9.53 Å². The Hall–Kier alpha value is -2.08. The fourth-order valence-electron chi connectivity index (χ4n) is 2.89. The van der Waals surface area contributed by atoms with Gasteiger partial charge in [-0.2, -0.15) is 11.8 Å².